The Morgan fingerprint density at radius 2 is 2.25 bits per heavy atom. The van der Waals surface area contributed by atoms with Gasteiger partial charge in [-0.2, -0.15) is 5.10 Å². The summed E-state index contributed by atoms with van der Waals surface area (Å²) >= 11 is 0. The Balaban J connectivity index is 1.77. The Morgan fingerprint density at radius 1 is 1.45 bits per heavy atom. The molecule has 0 unspecified atom stereocenters. The van der Waals surface area contributed by atoms with Crippen LogP contribution in [0.4, 0.5) is 0 Å². The van der Waals surface area contributed by atoms with Crippen molar-refractivity contribution in [2.24, 2.45) is 0 Å². The molecule has 0 aliphatic heterocycles. The normalized spacial score (nSPS) is 26.0. The molecule has 20 heavy (non-hydrogen) atoms. The van der Waals surface area contributed by atoms with E-state index in [1.807, 2.05) is 24.3 Å². The second-order valence-corrected chi connectivity index (χ2v) is 5.04. The second kappa shape index (κ2) is 5.22. The summed E-state index contributed by atoms with van der Waals surface area (Å²) in [5.41, 5.74) is 1.17. The first-order chi connectivity index (χ1) is 9.70. The smallest absolute Gasteiger partial charge is 0.272 e. The van der Waals surface area contributed by atoms with Gasteiger partial charge in [-0.3, -0.25) is 9.89 Å². The molecule has 3 atom stereocenters. The highest BCUT2D eigenvalue weighted by atomic mass is 16.5. The highest BCUT2D eigenvalue weighted by molar-refractivity contribution is 6.04. The van der Waals surface area contributed by atoms with Gasteiger partial charge >= 0.3 is 0 Å². The summed E-state index contributed by atoms with van der Waals surface area (Å²) in [4.78, 5) is 12.3. The second-order valence-electron chi connectivity index (χ2n) is 5.04. The van der Waals surface area contributed by atoms with Gasteiger partial charge in [0.1, 0.15) is 6.10 Å². The molecule has 6 nitrogen and oxygen atoms in total. The van der Waals surface area contributed by atoms with Crippen LogP contribution in [0.3, 0.4) is 0 Å². The molecule has 3 N–H and O–H groups in total. The summed E-state index contributed by atoms with van der Waals surface area (Å²) < 4.78 is 5.17. The molecule has 0 bridgehead atoms. The Kier molecular flexibility index (Phi) is 3.42. The van der Waals surface area contributed by atoms with Crippen LogP contribution >= 0.6 is 0 Å². The maximum atomic E-state index is 12.3. The van der Waals surface area contributed by atoms with Gasteiger partial charge in [0.2, 0.25) is 0 Å². The standard InChI is InChI=1S/C14H17N3O3/c1-20-11-7-6-10(13(11)18)15-14(19)12-8-4-2-3-5-9(8)16-17-12/h2-5,10-11,13,18H,6-7H2,1H3,(H,15,19)(H,16,17)/t10-,11-,13-/m1/s1. The number of aliphatic hydroxyl groups is 1. The average molecular weight is 275 g/mol. The number of nitrogens with zero attached hydrogens (tertiary/aromatic N) is 1. The van der Waals surface area contributed by atoms with E-state index < -0.39 is 6.10 Å². The lowest BCUT2D eigenvalue weighted by atomic mass is 10.1. The molecule has 1 amide bonds. The van der Waals surface area contributed by atoms with Crippen molar-refractivity contribution < 1.29 is 14.6 Å². The van der Waals surface area contributed by atoms with Crippen molar-refractivity contribution in [3.63, 3.8) is 0 Å². The molecule has 1 aromatic heterocycles. The van der Waals surface area contributed by atoms with Crippen LogP contribution in [0, 0.1) is 0 Å². The minimum absolute atomic E-state index is 0.212. The number of rotatable bonds is 3. The van der Waals surface area contributed by atoms with E-state index in [-0.39, 0.29) is 18.1 Å². The Hall–Kier alpha value is -1.92. The van der Waals surface area contributed by atoms with E-state index >= 15 is 0 Å². The van der Waals surface area contributed by atoms with Crippen LogP contribution in [0.25, 0.3) is 10.9 Å². The molecule has 0 spiro atoms. The number of fused-ring (bicyclic) bond motifs is 1. The molecule has 2 aromatic rings. The van der Waals surface area contributed by atoms with Crippen LogP contribution in [-0.4, -0.2) is 46.6 Å². The number of hydrogen-bond acceptors (Lipinski definition) is 4. The number of methoxy groups -OCH3 is 1. The Bertz CT molecular complexity index is 625. The number of hydrogen-bond donors (Lipinski definition) is 3. The zero-order valence-electron chi connectivity index (χ0n) is 11.2. The van der Waals surface area contributed by atoms with Crippen LogP contribution in [0.1, 0.15) is 23.3 Å². The maximum Gasteiger partial charge on any atom is 0.272 e. The molecule has 3 rings (SSSR count). The van der Waals surface area contributed by atoms with E-state index in [0.717, 1.165) is 17.3 Å². The fraction of sp³-hybridized carbons (Fsp3) is 0.429. The molecule has 0 radical (unpaired) electrons. The van der Waals surface area contributed by atoms with Crippen LogP contribution in [0.15, 0.2) is 24.3 Å². The molecule has 106 valence electrons. The fourth-order valence-electron chi connectivity index (χ4n) is 2.73. The summed E-state index contributed by atoms with van der Waals surface area (Å²) in [7, 11) is 1.57. The first kappa shape index (κ1) is 13.1. The van der Waals surface area contributed by atoms with Crippen molar-refractivity contribution in [2.75, 3.05) is 7.11 Å². The first-order valence-electron chi connectivity index (χ1n) is 6.65. The van der Waals surface area contributed by atoms with Crippen LogP contribution in [0.2, 0.25) is 0 Å². The summed E-state index contributed by atoms with van der Waals surface area (Å²) in [5.74, 6) is -0.275. The number of para-hydroxylation sites is 1. The number of carbonyl (C=O) groups excluding carboxylic acids is 1. The minimum atomic E-state index is -0.672. The van der Waals surface area contributed by atoms with Gasteiger partial charge in [0, 0.05) is 12.5 Å². The van der Waals surface area contributed by atoms with Crippen LogP contribution in [-0.2, 0) is 4.74 Å². The highest BCUT2D eigenvalue weighted by Crippen LogP contribution is 2.23. The lowest BCUT2D eigenvalue weighted by Gasteiger charge is -2.19. The predicted molar refractivity (Wildman–Crippen MR) is 73.4 cm³/mol. The largest absolute Gasteiger partial charge is 0.388 e. The van der Waals surface area contributed by atoms with Gasteiger partial charge in [-0.25, -0.2) is 0 Å². The Labute approximate surface area is 116 Å². The molecule has 1 aromatic carbocycles. The van der Waals surface area contributed by atoms with E-state index in [4.69, 9.17) is 4.74 Å². The fourth-order valence-corrected chi connectivity index (χ4v) is 2.73. The summed E-state index contributed by atoms with van der Waals surface area (Å²) in [6.07, 6.45) is 0.558. The number of amides is 1. The van der Waals surface area contributed by atoms with E-state index in [1.165, 1.54) is 0 Å². The molecule has 1 fully saturated rings. The van der Waals surface area contributed by atoms with E-state index in [2.05, 4.69) is 15.5 Å². The average Bonchev–Trinajstić information content (AvgIpc) is 3.03. The van der Waals surface area contributed by atoms with Gasteiger partial charge in [-0.15, -0.1) is 0 Å². The summed E-state index contributed by atoms with van der Waals surface area (Å²) in [6, 6.07) is 7.16. The van der Waals surface area contributed by atoms with Crippen molar-refractivity contribution in [3.05, 3.63) is 30.0 Å². The minimum Gasteiger partial charge on any atom is -0.388 e. The molecule has 1 saturated carbocycles. The summed E-state index contributed by atoms with van der Waals surface area (Å²) in [5, 5.41) is 20.5. The van der Waals surface area contributed by atoms with Gasteiger partial charge in [0.15, 0.2) is 5.69 Å². The molecule has 6 heteroatoms. The number of aromatic amines is 1. The SMILES string of the molecule is CO[C@@H]1CC[C@@H](NC(=O)c2n[nH]c3ccccc23)[C@H]1O. The highest BCUT2D eigenvalue weighted by Gasteiger charge is 2.36. The third-order valence-corrected chi connectivity index (χ3v) is 3.86. The van der Waals surface area contributed by atoms with Crippen molar-refractivity contribution >= 4 is 16.8 Å². The maximum absolute atomic E-state index is 12.3. The van der Waals surface area contributed by atoms with Crippen molar-refractivity contribution in [1.29, 1.82) is 0 Å². The molecule has 1 aliphatic rings. The van der Waals surface area contributed by atoms with Crippen molar-refractivity contribution in [1.82, 2.24) is 15.5 Å². The van der Waals surface area contributed by atoms with Gasteiger partial charge < -0.3 is 15.2 Å². The van der Waals surface area contributed by atoms with Gasteiger partial charge in [0.25, 0.3) is 5.91 Å². The number of H-pyrrole nitrogens is 1. The molecule has 0 saturated heterocycles. The monoisotopic (exact) mass is 275 g/mol. The van der Waals surface area contributed by atoms with Crippen LogP contribution in [0.5, 0.6) is 0 Å². The van der Waals surface area contributed by atoms with Crippen molar-refractivity contribution in [3.8, 4) is 0 Å². The number of ether oxygens (including phenoxy) is 1. The Morgan fingerprint density at radius 3 is 3.00 bits per heavy atom. The third kappa shape index (κ3) is 2.17. The first-order valence-corrected chi connectivity index (χ1v) is 6.65. The molecule has 1 heterocycles. The zero-order valence-corrected chi connectivity index (χ0v) is 11.2. The van der Waals surface area contributed by atoms with E-state index in [0.29, 0.717) is 12.1 Å². The quantitative estimate of drug-likeness (QED) is 0.774. The molecular formula is C14H17N3O3. The van der Waals surface area contributed by atoms with Gasteiger partial charge in [-0.05, 0) is 18.9 Å². The van der Waals surface area contributed by atoms with Crippen LogP contribution < -0.4 is 5.32 Å². The lowest BCUT2D eigenvalue weighted by Crippen LogP contribution is -2.43. The number of nitrogens with one attached hydrogen (secondary N) is 2. The molecule has 1 aliphatic carbocycles. The van der Waals surface area contributed by atoms with E-state index in [1.54, 1.807) is 7.11 Å². The van der Waals surface area contributed by atoms with E-state index in [9.17, 15) is 9.90 Å². The topological polar surface area (TPSA) is 87.2 Å². The number of aromatic nitrogens is 2. The number of carbonyl (C=O) groups is 1. The summed E-state index contributed by atoms with van der Waals surface area (Å²) in [6.45, 7) is 0. The van der Waals surface area contributed by atoms with Gasteiger partial charge in [-0.1, -0.05) is 18.2 Å². The number of benzene rings is 1. The van der Waals surface area contributed by atoms with Crippen molar-refractivity contribution in [2.45, 2.75) is 31.1 Å². The molecular weight excluding hydrogens is 258 g/mol. The predicted octanol–water partition coefficient (Wildman–Crippen LogP) is 0.831. The zero-order chi connectivity index (χ0) is 14.1. The third-order valence-electron chi connectivity index (χ3n) is 3.86. The number of aliphatic hydroxyl groups excluding tert-OH is 1. The lowest BCUT2D eigenvalue weighted by molar-refractivity contribution is 0.000190. The van der Waals surface area contributed by atoms with Gasteiger partial charge in [0.05, 0.1) is 17.7 Å².